The quantitative estimate of drug-likeness (QED) is 0.772. The maximum Gasteiger partial charge on any atom is 0.256 e. The zero-order valence-corrected chi connectivity index (χ0v) is 16.1. The van der Waals surface area contributed by atoms with E-state index in [1.165, 1.54) is 28.9 Å². The SMILES string of the molecule is O=C(Cn1nc2c(c1NC(=O)c1ccc(F)cc1)CSC2)NCC1CCCO1. The van der Waals surface area contributed by atoms with Gasteiger partial charge in [0.2, 0.25) is 5.91 Å². The van der Waals surface area contributed by atoms with Crippen LogP contribution in [0.3, 0.4) is 0 Å². The van der Waals surface area contributed by atoms with E-state index in [4.69, 9.17) is 4.74 Å². The minimum absolute atomic E-state index is 0.0173. The molecule has 0 bridgehead atoms. The lowest BCUT2D eigenvalue weighted by molar-refractivity contribution is -0.122. The molecule has 1 atom stereocenters. The molecule has 3 heterocycles. The van der Waals surface area contributed by atoms with E-state index in [0.717, 1.165) is 42.2 Å². The van der Waals surface area contributed by atoms with Crippen molar-refractivity contribution in [3.8, 4) is 0 Å². The molecule has 0 radical (unpaired) electrons. The van der Waals surface area contributed by atoms with E-state index in [2.05, 4.69) is 15.7 Å². The van der Waals surface area contributed by atoms with Gasteiger partial charge in [-0.25, -0.2) is 9.07 Å². The third-order valence-corrected chi connectivity index (χ3v) is 5.77. The number of benzene rings is 1. The zero-order chi connectivity index (χ0) is 19.5. The van der Waals surface area contributed by atoms with Gasteiger partial charge in [0.25, 0.3) is 5.91 Å². The third-order valence-electron chi connectivity index (χ3n) is 4.80. The van der Waals surface area contributed by atoms with Crippen LogP contribution in [0.4, 0.5) is 10.2 Å². The van der Waals surface area contributed by atoms with Gasteiger partial charge in [0.15, 0.2) is 0 Å². The maximum absolute atomic E-state index is 13.1. The van der Waals surface area contributed by atoms with Gasteiger partial charge in [0.05, 0.1) is 11.8 Å². The Kier molecular flexibility index (Phi) is 5.63. The Morgan fingerprint density at radius 1 is 1.29 bits per heavy atom. The van der Waals surface area contributed by atoms with Gasteiger partial charge in [-0.15, -0.1) is 0 Å². The van der Waals surface area contributed by atoms with Gasteiger partial charge in [-0.3, -0.25) is 9.59 Å². The van der Waals surface area contributed by atoms with Crippen molar-refractivity contribution in [2.75, 3.05) is 18.5 Å². The fraction of sp³-hybridized carbons (Fsp3) is 0.421. The molecule has 2 aliphatic heterocycles. The van der Waals surface area contributed by atoms with Gasteiger partial charge in [-0.1, -0.05) is 0 Å². The first-order chi connectivity index (χ1) is 13.6. The first kappa shape index (κ1) is 18.9. The molecule has 2 aliphatic rings. The van der Waals surface area contributed by atoms with E-state index in [1.54, 1.807) is 11.8 Å². The van der Waals surface area contributed by atoms with Gasteiger partial charge in [-0.2, -0.15) is 16.9 Å². The van der Waals surface area contributed by atoms with Crippen LogP contribution >= 0.6 is 11.8 Å². The number of aromatic nitrogens is 2. The summed E-state index contributed by atoms with van der Waals surface area (Å²) in [6, 6.07) is 5.33. The summed E-state index contributed by atoms with van der Waals surface area (Å²) in [6.45, 7) is 1.24. The number of nitrogens with one attached hydrogen (secondary N) is 2. The second-order valence-electron chi connectivity index (χ2n) is 6.82. The maximum atomic E-state index is 13.1. The Bertz CT molecular complexity index is 878. The molecule has 9 heteroatoms. The van der Waals surface area contributed by atoms with Crippen LogP contribution < -0.4 is 10.6 Å². The van der Waals surface area contributed by atoms with E-state index >= 15 is 0 Å². The number of fused-ring (bicyclic) bond motifs is 1. The first-order valence-electron chi connectivity index (χ1n) is 9.21. The lowest BCUT2D eigenvalue weighted by Gasteiger charge is -2.13. The fourth-order valence-electron chi connectivity index (χ4n) is 3.33. The van der Waals surface area contributed by atoms with E-state index in [0.29, 0.717) is 17.9 Å². The number of thioether (sulfide) groups is 1. The number of carbonyl (C=O) groups excluding carboxylic acids is 2. The van der Waals surface area contributed by atoms with Gasteiger partial charge < -0.3 is 15.4 Å². The molecule has 2 amide bonds. The Hall–Kier alpha value is -2.39. The van der Waals surface area contributed by atoms with Crippen molar-refractivity contribution in [2.24, 2.45) is 0 Å². The van der Waals surface area contributed by atoms with Crippen LogP contribution in [0, 0.1) is 5.82 Å². The summed E-state index contributed by atoms with van der Waals surface area (Å²) >= 11 is 1.71. The molecule has 28 heavy (non-hydrogen) atoms. The zero-order valence-electron chi connectivity index (χ0n) is 15.2. The number of amides is 2. The van der Waals surface area contributed by atoms with Crippen molar-refractivity contribution in [2.45, 2.75) is 37.0 Å². The molecule has 1 unspecified atom stereocenters. The summed E-state index contributed by atoms with van der Waals surface area (Å²) < 4.78 is 20.1. The summed E-state index contributed by atoms with van der Waals surface area (Å²) in [5.74, 6) is 1.07. The lowest BCUT2D eigenvalue weighted by atomic mass is 10.2. The monoisotopic (exact) mass is 404 g/mol. The summed E-state index contributed by atoms with van der Waals surface area (Å²) in [4.78, 5) is 24.9. The Morgan fingerprint density at radius 3 is 2.86 bits per heavy atom. The van der Waals surface area contributed by atoms with Gasteiger partial charge in [0, 0.05) is 35.8 Å². The Labute approximate surface area is 166 Å². The van der Waals surface area contributed by atoms with Crippen molar-refractivity contribution < 1.29 is 18.7 Å². The molecule has 2 N–H and O–H groups in total. The normalized spacial score (nSPS) is 18.1. The van der Waals surface area contributed by atoms with Crippen LogP contribution in [0.1, 0.15) is 34.5 Å². The van der Waals surface area contributed by atoms with Crippen LogP contribution in [0.15, 0.2) is 24.3 Å². The standard InChI is InChI=1S/C19H21FN4O3S/c20-13-5-3-12(4-6-13)19(26)22-18-15-10-28-11-16(15)23-24(18)9-17(25)21-8-14-2-1-7-27-14/h3-6,14H,1-2,7-11H2,(H,21,25)(H,22,26). The molecule has 0 spiro atoms. The number of nitrogens with zero attached hydrogens (tertiary/aromatic N) is 2. The fourth-order valence-corrected chi connectivity index (χ4v) is 4.36. The molecule has 1 aromatic carbocycles. The molecule has 1 saturated heterocycles. The number of halogens is 1. The highest BCUT2D eigenvalue weighted by atomic mass is 32.2. The van der Waals surface area contributed by atoms with Crippen LogP contribution in [0.2, 0.25) is 0 Å². The van der Waals surface area contributed by atoms with Crippen LogP contribution in [0.5, 0.6) is 0 Å². The number of hydrogen-bond donors (Lipinski definition) is 2. The summed E-state index contributed by atoms with van der Waals surface area (Å²) in [6.07, 6.45) is 2.04. The van der Waals surface area contributed by atoms with Crippen molar-refractivity contribution in [1.29, 1.82) is 0 Å². The molecular formula is C19H21FN4O3S. The van der Waals surface area contributed by atoms with E-state index in [1.807, 2.05) is 0 Å². The number of ether oxygens (including phenoxy) is 1. The molecule has 2 aromatic rings. The van der Waals surface area contributed by atoms with Gasteiger partial charge in [0.1, 0.15) is 18.2 Å². The first-order valence-corrected chi connectivity index (χ1v) is 10.4. The second kappa shape index (κ2) is 8.32. The second-order valence-corrected chi connectivity index (χ2v) is 7.81. The number of anilines is 1. The van der Waals surface area contributed by atoms with E-state index < -0.39 is 5.82 Å². The highest BCUT2D eigenvalue weighted by Crippen LogP contribution is 2.34. The summed E-state index contributed by atoms with van der Waals surface area (Å²) in [5, 5.41) is 10.2. The van der Waals surface area contributed by atoms with Crippen molar-refractivity contribution in [1.82, 2.24) is 15.1 Å². The minimum atomic E-state index is -0.401. The van der Waals surface area contributed by atoms with Gasteiger partial charge >= 0.3 is 0 Å². The smallest absolute Gasteiger partial charge is 0.256 e. The van der Waals surface area contributed by atoms with E-state index in [-0.39, 0.29) is 24.5 Å². The average molecular weight is 404 g/mol. The predicted octanol–water partition coefficient (Wildman–Crippen LogP) is 2.32. The Balaban J connectivity index is 1.46. The Morgan fingerprint density at radius 2 is 2.11 bits per heavy atom. The summed E-state index contributed by atoms with van der Waals surface area (Å²) in [5.41, 5.74) is 2.16. The molecule has 4 rings (SSSR count). The third kappa shape index (κ3) is 4.20. The van der Waals surface area contributed by atoms with Gasteiger partial charge in [-0.05, 0) is 37.1 Å². The predicted molar refractivity (Wildman–Crippen MR) is 104 cm³/mol. The average Bonchev–Trinajstić information content (AvgIpc) is 3.41. The molecule has 1 fully saturated rings. The van der Waals surface area contributed by atoms with Crippen LogP contribution in [-0.4, -0.2) is 40.9 Å². The minimum Gasteiger partial charge on any atom is -0.376 e. The topological polar surface area (TPSA) is 85.2 Å². The molecular weight excluding hydrogens is 383 g/mol. The summed E-state index contributed by atoms with van der Waals surface area (Å²) in [7, 11) is 0. The van der Waals surface area contributed by atoms with E-state index in [9.17, 15) is 14.0 Å². The number of rotatable bonds is 6. The van der Waals surface area contributed by atoms with Crippen molar-refractivity contribution in [3.63, 3.8) is 0 Å². The molecule has 148 valence electrons. The number of hydrogen-bond acceptors (Lipinski definition) is 5. The van der Waals surface area contributed by atoms with Crippen LogP contribution in [-0.2, 0) is 27.6 Å². The highest BCUT2D eigenvalue weighted by molar-refractivity contribution is 7.98. The van der Waals surface area contributed by atoms with Crippen molar-refractivity contribution in [3.05, 3.63) is 46.9 Å². The molecule has 7 nitrogen and oxygen atoms in total. The molecule has 0 saturated carbocycles. The number of carbonyl (C=O) groups is 2. The van der Waals surface area contributed by atoms with Crippen molar-refractivity contribution >= 4 is 29.4 Å². The lowest BCUT2D eigenvalue weighted by Crippen LogP contribution is -2.34. The van der Waals surface area contributed by atoms with Crippen LogP contribution in [0.25, 0.3) is 0 Å². The molecule has 1 aromatic heterocycles. The largest absolute Gasteiger partial charge is 0.376 e. The highest BCUT2D eigenvalue weighted by Gasteiger charge is 2.25. The molecule has 0 aliphatic carbocycles.